The lowest BCUT2D eigenvalue weighted by atomic mass is 9.75. The Hall–Kier alpha value is -3.58. The Morgan fingerprint density at radius 3 is 2.53 bits per heavy atom. The number of nitriles is 1. The fourth-order valence-corrected chi connectivity index (χ4v) is 4.77. The number of benzene rings is 1. The zero-order chi connectivity index (χ0) is 22.7. The van der Waals surface area contributed by atoms with E-state index in [4.69, 9.17) is 17.5 Å². The van der Waals surface area contributed by atoms with Gasteiger partial charge in [0.25, 0.3) is 5.91 Å². The highest BCUT2D eigenvalue weighted by Crippen LogP contribution is 2.48. The summed E-state index contributed by atoms with van der Waals surface area (Å²) in [6, 6.07) is 9.66. The number of anilines is 2. The van der Waals surface area contributed by atoms with Crippen molar-refractivity contribution in [2.45, 2.75) is 31.0 Å². The number of carbonyl (C=O) groups excluding carboxylic acids is 1. The molecular weight excluding hydrogens is 439 g/mol. The zero-order valence-corrected chi connectivity index (χ0v) is 17.2. The number of nitrogens with zero attached hydrogens (tertiary/aromatic N) is 5. The Bertz CT molecular complexity index is 1330. The van der Waals surface area contributed by atoms with Crippen molar-refractivity contribution in [3.63, 3.8) is 0 Å². The fourth-order valence-electron chi connectivity index (χ4n) is 4.30. The second kappa shape index (κ2) is 6.97. The first-order valence-corrected chi connectivity index (χ1v) is 10.2. The van der Waals surface area contributed by atoms with E-state index in [-0.39, 0.29) is 16.7 Å². The van der Waals surface area contributed by atoms with Crippen LogP contribution in [0, 0.1) is 11.3 Å². The second-order valence-electron chi connectivity index (χ2n) is 7.75. The quantitative estimate of drug-likeness (QED) is 0.529. The lowest BCUT2D eigenvalue weighted by molar-refractivity contribution is -0.138. The first-order valence-electron chi connectivity index (χ1n) is 9.76. The molecule has 2 fully saturated rings. The van der Waals surface area contributed by atoms with E-state index in [0.717, 1.165) is 34.4 Å². The van der Waals surface area contributed by atoms with Gasteiger partial charge in [-0.1, -0.05) is 6.07 Å². The maximum atomic E-state index is 13.5. The van der Waals surface area contributed by atoms with Crippen LogP contribution in [0.4, 0.5) is 24.5 Å². The van der Waals surface area contributed by atoms with Crippen molar-refractivity contribution in [3.8, 4) is 6.07 Å². The van der Waals surface area contributed by atoms with E-state index in [0.29, 0.717) is 18.5 Å². The predicted molar refractivity (Wildman–Crippen MR) is 115 cm³/mol. The van der Waals surface area contributed by atoms with Gasteiger partial charge in [-0.15, -0.1) is 0 Å². The largest absolute Gasteiger partial charge is 0.419 e. The van der Waals surface area contributed by atoms with E-state index in [1.54, 1.807) is 17.3 Å². The Morgan fingerprint density at radius 2 is 1.88 bits per heavy atom. The van der Waals surface area contributed by atoms with E-state index in [1.807, 2.05) is 24.3 Å². The number of pyridine rings is 2. The highest BCUT2D eigenvalue weighted by molar-refractivity contribution is 7.81. The monoisotopic (exact) mass is 453 g/mol. The summed E-state index contributed by atoms with van der Waals surface area (Å²) in [7, 11) is 0. The molecule has 0 atom stereocenters. The third-order valence-corrected chi connectivity index (χ3v) is 6.38. The molecule has 32 heavy (non-hydrogen) atoms. The molecule has 1 spiro atoms. The molecule has 1 saturated carbocycles. The Balaban J connectivity index is 1.63. The number of thiocarbonyl (C=S) groups is 1. The van der Waals surface area contributed by atoms with Crippen LogP contribution in [0.1, 0.15) is 30.5 Å². The number of aromatic nitrogens is 2. The summed E-state index contributed by atoms with van der Waals surface area (Å²) in [6.45, 7) is 0. The number of hydrogen-bond donors (Lipinski definition) is 0. The lowest BCUT2D eigenvalue weighted by Gasteiger charge is -2.43. The van der Waals surface area contributed by atoms with Crippen LogP contribution in [-0.2, 0) is 11.0 Å². The molecule has 2 aliphatic rings. The lowest BCUT2D eigenvalue weighted by Crippen LogP contribution is -2.55. The molecular formula is C22H14F3N5OS. The van der Waals surface area contributed by atoms with Crippen molar-refractivity contribution in [2.75, 3.05) is 9.80 Å². The minimum Gasteiger partial charge on any atom is -0.303 e. The first kappa shape index (κ1) is 20.3. The predicted octanol–water partition coefficient (Wildman–Crippen LogP) is 4.58. The summed E-state index contributed by atoms with van der Waals surface area (Å²) in [5.41, 5.74) is -2.34. The van der Waals surface area contributed by atoms with Crippen LogP contribution < -0.4 is 9.80 Å². The maximum absolute atomic E-state index is 13.5. The molecule has 5 rings (SSSR count). The maximum Gasteiger partial charge on any atom is 0.419 e. The van der Waals surface area contributed by atoms with Gasteiger partial charge in [0.1, 0.15) is 11.6 Å². The summed E-state index contributed by atoms with van der Waals surface area (Å²) < 4.78 is 40.4. The smallest absolute Gasteiger partial charge is 0.303 e. The molecule has 2 aromatic heterocycles. The van der Waals surface area contributed by atoms with Gasteiger partial charge in [0.15, 0.2) is 10.8 Å². The molecule has 1 aliphatic carbocycles. The average Bonchev–Trinajstić information content (AvgIpc) is 2.99. The highest BCUT2D eigenvalue weighted by atomic mass is 32.1. The second-order valence-corrected chi connectivity index (χ2v) is 8.12. The SMILES string of the molecule is N#Cc1ncc(N2C(=O)C3(CCC3)N(c3ccc4ccncc4c3)C2=S)cc1C(F)(F)F. The topological polar surface area (TPSA) is 73.1 Å². The van der Waals surface area contributed by atoms with E-state index in [2.05, 4.69) is 9.97 Å². The summed E-state index contributed by atoms with van der Waals surface area (Å²) in [6.07, 6.45) is 1.53. The molecule has 0 N–H and O–H groups in total. The van der Waals surface area contributed by atoms with E-state index < -0.39 is 23.0 Å². The Labute approximate surface area is 185 Å². The molecule has 1 amide bonds. The molecule has 3 aromatic rings. The molecule has 1 aliphatic heterocycles. The fraction of sp³-hybridized carbons (Fsp3) is 0.227. The molecule has 0 radical (unpaired) electrons. The number of amides is 1. The van der Waals surface area contributed by atoms with Gasteiger partial charge in [0.2, 0.25) is 0 Å². The number of hydrogen-bond acceptors (Lipinski definition) is 5. The average molecular weight is 453 g/mol. The summed E-state index contributed by atoms with van der Waals surface area (Å²) >= 11 is 5.61. The standard InChI is InChI=1S/C22H14F3N5OS/c23-22(24,25)17-9-16(12-28-18(17)10-26)29-19(31)21(5-1-6-21)30(20(29)32)15-3-2-13-4-7-27-11-14(13)8-15/h2-4,7-9,11-12H,1,5-6H2. The normalized spacial score (nSPS) is 17.7. The number of fused-ring (bicyclic) bond motifs is 1. The number of halogens is 3. The molecule has 3 heterocycles. The van der Waals surface area contributed by atoms with Gasteiger partial charge < -0.3 is 4.90 Å². The van der Waals surface area contributed by atoms with Crippen LogP contribution in [0.3, 0.4) is 0 Å². The van der Waals surface area contributed by atoms with Crippen LogP contribution in [0.25, 0.3) is 10.8 Å². The van der Waals surface area contributed by atoms with E-state index >= 15 is 0 Å². The highest BCUT2D eigenvalue weighted by Gasteiger charge is 2.59. The molecule has 0 bridgehead atoms. The summed E-state index contributed by atoms with van der Waals surface area (Å²) in [4.78, 5) is 24.1. The van der Waals surface area contributed by atoms with Crippen molar-refractivity contribution < 1.29 is 18.0 Å². The Morgan fingerprint density at radius 1 is 1.09 bits per heavy atom. The van der Waals surface area contributed by atoms with Crippen molar-refractivity contribution in [2.24, 2.45) is 0 Å². The molecule has 160 valence electrons. The minimum atomic E-state index is -4.79. The molecule has 10 heteroatoms. The number of alkyl halides is 3. The van der Waals surface area contributed by atoms with Gasteiger partial charge in [-0.05, 0) is 61.1 Å². The van der Waals surface area contributed by atoms with E-state index in [1.165, 1.54) is 6.07 Å². The first-order chi connectivity index (χ1) is 15.3. The van der Waals surface area contributed by atoms with Crippen LogP contribution in [-0.4, -0.2) is 26.5 Å². The minimum absolute atomic E-state index is 0.0811. The van der Waals surface area contributed by atoms with Gasteiger partial charge in [-0.3, -0.25) is 14.7 Å². The van der Waals surface area contributed by atoms with Crippen LogP contribution in [0.2, 0.25) is 0 Å². The van der Waals surface area contributed by atoms with Crippen LogP contribution in [0.15, 0.2) is 48.9 Å². The van der Waals surface area contributed by atoms with Crippen LogP contribution >= 0.6 is 12.2 Å². The molecule has 0 unspecified atom stereocenters. The molecule has 1 aromatic carbocycles. The summed E-state index contributed by atoms with van der Waals surface area (Å²) in [5.74, 6) is -0.389. The van der Waals surface area contributed by atoms with Gasteiger partial charge in [0, 0.05) is 23.5 Å². The number of rotatable bonds is 2. The van der Waals surface area contributed by atoms with Crippen LogP contribution in [0.5, 0.6) is 0 Å². The molecule has 1 saturated heterocycles. The summed E-state index contributed by atoms with van der Waals surface area (Å²) in [5, 5.41) is 10.9. The third-order valence-electron chi connectivity index (χ3n) is 6.02. The Kier molecular flexibility index (Phi) is 4.43. The van der Waals surface area contributed by atoms with Crippen molar-refractivity contribution >= 4 is 45.4 Å². The van der Waals surface area contributed by atoms with Crippen molar-refractivity contribution in [1.29, 1.82) is 5.26 Å². The van der Waals surface area contributed by atoms with Gasteiger partial charge in [-0.25, -0.2) is 4.98 Å². The van der Waals surface area contributed by atoms with Crippen molar-refractivity contribution in [3.05, 3.63) is 60.2 Å². The van der Waals surface area contributed by atoms with Crippen molar-refractivity contribution in [1.82, 2.24) is 9.97 Å². The number of carbonyl (C=O) groups is 1. The zero-order valence-electron chi connectivity index (χ0n) is 16.4. The van der Waals surface area contributed by atoms with E-state index in [9.17, 15) is 18.0 Å². The van der Waals surface area contributed by atoms with Gasteiger partial charge in [0.05, 0.1) is 17.4 Å². The molecule has 6 nitrogen and oxygen atoms in total. The van der Waals surface area contributed by atoms with Gasteiger partial charge >= 0.3 is 6.18 Å². The van der Waals surface area contributed by atoms with Gasteiger partial charge in [-0.2, -0.15) is 18.4 Å². The third kappa shape index (κ3) is 2.85.